The lowest BCUT2D eigenvalue weighted by molar-refractivity contribution is 0.287. The number of likely N-dealkylation sites (N-methyl/N-ethyl adjacent to an activating group) is 1. The van der Waals surface area contributed by atoms with Crippen molar-refractivity contribution in [3.8, 4) is 23.3 Å². The van der Waals surface area contributed by atoms with Crippen molar-refractivity contribution in [1.82, 2.24) is 9.47 Å². The standard InChI is InChI=1S/C24H30N4O4/c1-6-27(7-2)11-12-28-15(3)13-19-21(24(28)29)20(17(14-25)23(26)32-19)16-9-8-10-18(30-4)22(16)31-5/h8-10,13,20H,6-7,11-12,26H2,1-5H3/t20-/m0/s1. The van der Waals surface area contributed by atoms with Crippen molar-refractivity contribution >= 4 is 0 Å². The minimum atomic E-state index is -0.735. The van der Waals surface area contributed by atoms with Crippen LogP contribution in [0.3, 0.4) is 0 Å². The van der Waals surface area contributed by atoms with Crippen molar-refractivity contribution in [3.63, 3.8) is 0 Å². The summed E-state index contributed by atoms with van der Waals surface area (Å²) in [5.41, 5.74) is 7.83. The topological polar surface area (TPSA) is 103 Å². The molecule has 2 N–H and O–H groups in total. The van der Waals surface area contributed by atoms with Crippen LogP contribution in [-0.2, 0) is 6.54 Å². The van der Waals surface area contributed by atoms with Gasteiger partial charge < -0.3 is 29.4 Å². The Labute approximate surface area is 188 Å². The van der Waals surface area contributed by atoms with Crippen molar-refractivity contribution in [2.24, 2.45) is 5.73 Å². The number of methoxy groups -OCH3 is 2. The number of aromatic nitrogens is 1. The third-order valence-electron chi connectivity index (χ3n) is 5.97. The molecule has 0 spiro atoms. The predicted octanol–water partition coefficient (Wildman–Crippen LogP) is 2.73. The largest absolute Gasteiger partial charge is 0.493 e. The quantitative estimate of drug-likeness (QED) is 0.676. The first kappa shape index (κ1) is 23.2. The Kier molecular flexibility index (Phi) is 7.11. The van der Waals surface area contributed by atoms with Crippen molar-refractivity contribution in [1.29, 1.82) is 5.26 Å². The number of aryl methyl sites for hydroxylation is 1. The number of ether oxygens (including phenoxy) is 3. The molecule has 0 fully saturated rings. The van der Waals surface area contributed by atoms with Gasteiger partial charge in [0.25, 0.3) is 5.56 Å². The van der Waals surface area contributed by atoms with Crippen LogP contribution >= 0.6 is 0 Å². The van der Waals surface area contributed by atoms with Crippen LogP contribution < -0.4 is 25.5 Å². The van der Waals surface area contributed by atoms with Crippen LogP contribution in [0.25, 0.3) is 0 Å². The molecule has 8 nitrogen and oxygen atoms in total. The number of benzene rings is 1. The molecule has 0 saturated heterocycles. The lowest BCUT2D eigenvalue weighted by Crippen LogP contribution is -2.36. The summed E-state index contributed by atoms with van der Waals surface area (Å²) in [5, 5.41) is 9.91. The summed E-state index contributed by atoms with van der Waals surface area (Å²) in [7, 11) is 3.07. The molecule has 0 bridgehead atoms. The summed E-state index contributed by atoms with van der Waals surface area (Å²) < 4.78 is 18.5. The van der Waals surface area contributed by atoms with E-state index in [9.17, 15) is 10.1 Å². The fraction of sp³-hybridized carbons (Fsp3) is 0.417. The summed E-state index contributed by atoms with van der Waals surface area (Å²) >= 11 is 0. The molecule has 0 saturated carbocycles. The third-order valence-corrected chi connectivity index (χ3v) is 5.97. The molecule has 170 valence electrons. The molecule has 1 atom stereocenters. The number of nitrogens with zero attached hydrogens (tertiary/aromatic N) is 3. The zero-order valence-corrected chi connectivity index (χ0v) is 19.3. The van der Waals surface area contributed by atoms with Gasteiger partial charge in [-0.05, 0) is 26.1 Å². The molecule has 8 heteroatoms. The van der Waals surface area contributed by atoms with Crippen LogP contribution in [0.15, 0.2) is 40.5 Å². The van der Waals surface area contributed by atoms with Gasteiger partial charge in [-0.3, -0.25) is 4.79 Å². The van der Waals surface area contributed by atoms with E-state index >= 15 is 0 Å². The Morgan fingerprint density at radius 3 is 2.56 bits per heavy atom. The van der Waals surface area contributed by atoms with Gasteiger partial charge in [-0.15, -0.1) is 0 Å². The Hall–Kier alpha value is -3.44. The SMILES string of the molecule is CCN(CC)CCn1c(C)cc2c(c1=O)[C@@H](c1cccc(OC)c1OC)C(C#N)=C(N)O2. The first-order chi connectivity index (χ1) is 15.4. The van der Waals surface area contributed by atoms with E-state index < -0.39 is 5.92 Å². The van der Waals surface area contributed by atoms with Crippen molar-refractivity contribution in [3.05, 3.63) is 62.9 Å². The second-order valence-electron chi connectivity index (χ2n) is 7.55. The summed E-state index contributed by atoms with van der Waals surface area (Å²) in [6.07, 6.45) is 0. The summed E-state index contributed by atoms with van der Waals surface area (Å²) in [4.78, 5) is 16.0. The molecule has 0 aliphatic carbocycles. The zero-order valence-electron chi connectivity index (χ0n) is 19.3. The van der Waals surface area contributed by atoms with E-state index in [0.717, 1.165) is 25.3 Å². The Balaban J connectivity index is 2.24. The number of para-hydroxylation sites is 1. The monoisotopic (exact) mass is 438 g/mol. The minimum absolute atomic E-state index is 0.0189. The molecule has 3 rings (SSSR count). The highest BCUT2D eigenvalue weighted by Crippen LogP contribution is 2.46. The second kappa shape index (κ2) is 9.79. The molecule has 1 aromatic heterocycles. The molecular weight excluding hydrogens is 408 g/mol. The predicted molar refractivity (Wildman–Crippen MR) is 122 cm³/mol. The maximum atomic E-state index is 13.7. The highest BCUT2D eigenvalue weighted by Gasteiger charge is 2.36. The minimum Gasteiger partial charge on any atom is -0.493 e. The van der Waals surface area contributed by atoms with E-state index in [1.54, 1.807) is 29.9 Å². The van der Waals surface area contributed by atoms with Crippen LogP contribution in [0, 0.1) is 18.3 Å². The van der Waals surface area contributed by atoms with E-state index in [4.69, 9.17) is 19.9 Å². The summed E-state index contributed by atoms with van der Waals surface area (Å²) in [6.45, 7) is 9.13. The Bertz CT molecular complexity index is 1130. The number of hydrogen-bond donors (Lipinski definition) is 1. The van der Waals surface area contributed by atoms with Crippen LogP contribution in [0.5, 0.6) is 17.2 Å². The van der Waals surface area contributed by atoms with Crippen LogP contribution in [0.2, 0.25) is 0 Å². The molecule has 0 unspecified atom stereocenters. The summed E-state index contributed by atoms with van der Waals surface area (Å²) in [6, 6.07) is 9.31. The van der Waals surface area contributed by atoms with Gasteiger partial charge in [-0.1, -0.05) is 26.0 Å². The first-order valence-corrected chi connectivity index (χ1v) is 10.7. The van der Waals surface area contributed by atoms with Gasteiger partial charge in [0.05, 0.1) is 25.7 Å². The maximum absolute atomic E-state index is 13.7. The number of hydrogen-bond acceptors (Lipinski definition) is 7. The number of allylic oxidation sites excluding steroid dienone is 1. The van der Waals surface area contributed by atoms with Crippen molar-refractivity contribution < 1.29 is 14.2 Å². The Morgan fingerprint density at radius 2 is 1.97 bits per heavy atom. The average Bonchev–Trinajstić information content (AvgIpc) is 2.79. The number of rotatable bonds is 8. The average molecular weight is 439 g/mol. The normalized spacial score (nSPS) is 15.2. The molecule has 0 amide bonds. The fourth-order valence-corrected chi connectivity index (χ4v) is 4.20. The maximum Gasteiger partial charge on any atom is 0.258 e. The lowest BCUT2D eigenvalue weighted by atomic mass is 9.83. The van der Waals surface area contributed by atoms with E-state index in [2.05, 4.69) is 24.8 Å². The molecule has 2 heterocycles. The molecule has 1 aliphatic heterocycles. The van der Waals surface area contributed by atoms with E-state index in [1.165, 1.54) is 7.11 Å². The first-order valence-electron chi connectivity index (χ1n) is 10.7. The van der Waals surface area contributed by atoms with Crippen LogP contribution in [-0.4, -0.2) is 43.3 Å². The zero-order chi connectivity index (χ0) is 23.4. The molecular formula is C24H30N4O4. The van der Waals surface area contributed by atoms with Gasteiger partial charge >= 0.3 is 0 Å². The number of nitrogens with two attached hydrogens (primary N) is 1. The highest BCUT2D eigenvalue weighted by atomic mass is 16.5. The molecule has 0 radical (unpaired) electrons. The van der Waals surface area contributed by atoms with Gasteiger partial charge in [0.15, 0.2) is 11.5 Å². The lowest BCUT2D eigenvalue weighted by Gasteiger charge is -2.29. The van der Waals surface area contributed by atoms with Crippen molar-refractivity contribution in [2.75, 3.05) is 33.9 Å². The van der Waals surface area contributed by atoms with Gasteiger partial charge in [-0.25, -0.2) is 0 Å². The number of fused-ring (bicyclic) bond motifs is 1. The van der Waals surface area contributed by atoms with Gasteiger partial charge in [-0.2, -0.15) is 5.26 Å². The molecule has 1 aromatic carbocycles. The molecule has 32 heavy (non-hydrogen) atoms. The van der Waals surface area contributed by atoms with Crippen molar-refractivity contribution in [2.45, 2.75) is 33.2 Å². The number of nitriles is 1. The van der Waals surface area contributed by atoms with Gasteiger partial charge in [0.2, 0.25) is 5.88 Å². The van der Waals surface area contributed by atoms with E-state index in [0.29, 0.717) is 34.9 Å². The highest BCUT2D eigenvalue weighted by molar-refractivity contribution is 5.60. The fourth-order valence-electron chi connectivity index (χ4n) is 4.20. The van der Waals surface area contributed by atoms with Crippen LogP contribution in [0.1, 0.15) is 36.6 Å². The third kappa shape index (κ3) is 4.04. The van der Waals surface area contributed by atoms with E-state index in [1.807, 2.05) is 13.0 Å². The van der Waals surface area contributed by atoms with E-state index in [-0.39, 0.29) is 17.0 Å². The molecule has 2 aromatic rings. The van der Waals surface area contributed by atoms with Gasteiger partial charge in [0.1, 0.15) is 17.4 Å². The molecule has 1 aliphatic rings. The van der Waals surface area contributed by atoms with Crippen LogP contribution in [0.4, 0.5) is 0 Å². The second-order valence-corrected chi connectivity index (χ2v) is 7.55. The summed E-state index contributed by atoms with van der Waals surface area (Å²) in [5.74, 6) is 0.556. The smallest absolute Gasteiger partial charge is 0.258 e. The number of pyridine rings is 1. The van der Waals surface area contributed by atoms with Gasteiger partial charge in [0, 0.05) is 30.4 Å². The Morgan fingerprint density at radius 1 is 1.25 bits per heavy atom.